The van der Waals surface area contributed by atoms with Gasteiger partial charge in [0.05, 0.1) is 25.0 Å². The Morgan fingerprint density at radius 1 is 0.397 bits per heavy atom. The van der Waals surface area contributed by atoms with Crippen molar-refractivity contribution in [3.8, 4) is 35.2 Å². The highest BCUT2D eigenvalue weighted by atomic mass is 16.5. The predicted octanol–water partition coefficient (Wildman–Crippen LogP) is 14.4. The maximum absolute atomic E-state index is 14.8. The Morgan fingerprint density at radius 2 is 0.721 bits per heavy atom. The molecule has 6 aromatic rings. The van der Waals surface area contributed by atoms with E-state index in [1.54, 1.807) is 0 Å². The molecule has 7 rings (SSSR count). The van der Waals surface area contributed by atoms with Crippen molar-refractivity contribution >= 4 is 23.2 Å². The minimum atomic E-state index is -0.566. The smallest absolute Gasteiger partial charge is 0.228 e. The molecule has 1 saturated carbocycles. The largest absolute Gasteiger partial charge is 0.494 e. The van der Waals surface area contributed by atoms with Gasteiger partial charge in [-0.25, -0.2) is 0 Å². The maximum Gasteiger partial charge on any atom is 0.228 e. The third-order valence-corrected chi connectivity index (χ3v) is 12.8. The molecule has 1 fully saturated rings. The lowest BCUT2D eigenvalue weighted by molar-refractivity contribution is -0.134. The first-order valence-corrected chi connectivity index (χ1v) is 24.9. The van der Waals surface area contributed by atoms with Gasteiger partial charge in [0.25, 0.3) is 0 Å². The second-order valence-corrected chi connectivity index (χ2v) is 17.8. The van der Waals surface area contributed by atoms with Crippen LogP contribution in [-0.2, 0) is 9.59 Å². The number of hydrogen-bond donors (Lipinski definition) is 2. The Balaban J connectivity index is 1.14. The molecule has 1 aliphatic carbocycles. The average molecular weight is 903 g/mol. The molecule has 68 heavy (non-hydrogen) atoms. The summed E-state index contributed by atoms with van der Waals surface area (Å²) in [5, 5.41) is 6.46. The Kier molecular flexibility index (Phi) is 19.0. The molecule has 0 spiro atoms. The summed E-state index contributed by atoms with van der Waals surface area (Å²) >= 11 is 0. The fraction of sp³-hybridized carbons (Fsp3) is 0.323. The zero-order valence-corrected chi connectivity index (χ0v) is 39.9. The highest BCUT2D eigenvalue weighted by Gasteiger charge is 2.58. The second-order valence-electron chi connectivity index (χ2n) is 17.8. The summed E-state index contributed by atoms with van der Waals surface area (Å²) in [6, 6.07) is 51.0. The third-order valence-electron chi connectivity index (χ3n) is 12.8. The van der Waals surface area contributed by atoms with Gasteiger partial charge in [-0.05, 0) is 121 Å². The predicted molar refractivity (Wildman–Crippen MR) is 278 cm³/mol. The topological polar surface area (TPSA) is 76.7 Å². The minimum absolute atomic E-state index is 0.152. The molecule has 0 aliphatic heterocycles. The first-order valence-electron chi connectivity index (χ1n) is 24.9. The lowest BCUT2D eigenvalue weighted by Gasteiger charge is -2.50. The van der Waals surface area contributed by atoms with Crippen LogP contribution < -0.4 is 20.1 Å². The summed E-state index contributed by atoms with van der Waals surface area (Å²) in [5.74, 6) is 12.1. The number of ether oxygens (including phenoxy) is 2. The molecule has 0 atom stereocenters. The van der Waals surface area contributed by atoms with Gasteiger partial charge >= 0.3 is 0 Å². The molecular formula is C62H66N2O4. The summed E-state index contributed by atoms with van der Waals surface area (Å²) in [7, 11) is 0. The molecule has 0 unspecified atom stereocenters. The van der Waals surface area contributed by atoms with E-state index in [-0.39, 0.29) is 11.8 Å². The van der Waals surface area contributed by atoms with Crippen LogP contribution >= 0.6 is 0 Å². The molecule has 348 valence electrons. The van der Waals surface area contributed by atoms with Crippen molar-refractivity contribution in [3.63, 3.8) is 0 Å². The SMILES string of the molecule is CCCCCCCCOc1ccc(C2C(C(=O)Nc3ccc(C#Cc4ccccc4)cc3)C(c3ccc(OCCCCCCCC)cc3)C2C(=O)Nc2ccc(C#Cc3ccccc3)cc2)cc1. The van der Waals surface area contributed by atoms with Gasteiger partial charge in [0, 0.05) is 45.5 Å². The summed E-state index contributed by atoms with van der Waals surface area (Å²) < 4.78 is 12.4. The zero-order chi connectivity index (χ0) is 47.2. The van der Waals surface area contributed by atoms with Gasteiger partial charge in [0.1, 0.15) is 11.5 Å². The molecule has 6 heteroatoms. The Morgan fingerprint density at radius 3 is 1.07 bits per heavy atom. The lowest BCUT2D eigenvalue weighted by atomic mass is 9.52. The van der Waals surface area contributed by atoms with Crippen molar-refractivity contribution in [2.24, 2.45) is 11.8 Å². The van der Waals surface area contributed by atoms with Crippen molar-refractivity contribution in [2.45, 2.75) is 103 Å². The highest BCUT2D eigenvalue weighted by Crippen LogP contribution is 2.58. The van der Waals surface area contributed by atoms with Gasteiger partial charge in [-0.3, -0.25) is 9.59 Å². The van der Waals surface area contributed by atoms with Crippen LogP contribution in [0.15, 0.2) is 158 Å². The third kappa shape index (κ3) is 14.5. The molecule has 0 radical (unpaired) electrons. The standard InChI is InChI=1S/C62H66N2O4/c1-3-5-7-9-11-19-45-67-55-41-33-51(34-42-55)57-59(61(65)63-53-37-29-49(30-38-53)27-25-47-21-15-13-16-22-47)58(52-35-43-56(44-36-52)68-46-20-12-10-8-6-4-2)60(57)62(66)64-54-39-31-50(32-40-54)28-26-48-23-17-14-18-24-48/h13-18,21-24,29-44,57-60H,3-12,19-20,45-46H2,1-2H3,(H,63,65)(H,64,66). The molecule has 1 aliphatic rings. The molecule has 2 N–H and O–H groups in total. The molecule has 0 bridgehead atoms. The fourth-order valence-electron chi connectivity index (χ4n) is 9.00. The molecule has 2 amide bonds. The number of amides is 2. The van der Waals surface area contributed by atoms with E-state index < -0.39 is 23.7 Å². The normalized spacial score (nSPS) is 15.9. The second kappa shape index (κ2) is 26.4. The number of unbranched alkanes of at least 4 members (excludes halogenated alkanes) is 10. The summed E-state index contributed by atoms with van der Waals surface area (Å²) in [6.07, 6.45) is 14.3. The Bertz CT molecular complexity index is 2390. The van der Waals surface area contributed by atoms with E-state index in [9.17, 15) is 9.59 Å². The monoisotopic (exact) mass is 903 g/mol. The molecule has 6 nitrogen and oxygen atoms in total. The van der Waals surface area contributed by atoms with Gasteiger partial charge in [0.2, 0.25) is 11.8 Å². The Hall–Kier alpha value is -7.02. The van der Waals surface area contributed by atoms with Crippen LogP contribution in [0.4, 0.5) is 11.4 Å². The number of rotatable bonds is 22. The van der Waals surface area contributed by atoms with E-state index in [4.69, 9.17) is 9.47 Å². The van der Waals surface area contributed by atoms with Crippen LogP contribution in [0, 0.1) is 35.5 Å². The summed E-state index contributed by atoms with van der Waals surface area (Å²) in [6.45, 7) is 5.77. The van der Waals surface area contributed by atoms with Crippen LogP contribution in [-0.4, -0.2) is 25.0 Å². The van der Waals surface area contributed by atoms with Gasteiger partial charge in [0.15, 0.2) is 0 Å². The molecular weight excluding hydrogens is 837 g/mol. The van der Waals surface area contributed by atoms with E-state index in [0.29, 0.717) is 24.6 Å². The van der Waals surface area contributed by atoms with Crippen LogP contribution in [0.25, 0.3) is 0 Å². The van der Waals surface area contributed by atoms with E-state index in [1.807, 2.05) is 158 Å². The van der Waals surface area contributed by atoms with E-state index in [1.165, 1.54) is 51.4 Å². The number of hydrogen-bond acceptors (Lipinski definition) is 4. The van der Waals surface area contributed by atoms with Crippen molar-refractivity contribution in [2.75, 3.05) is 23.8 Å². The molecule has 0 heterocycles. The van der Waals surface area contributed by atoms with Gasteiger partial charge in [-0.1, -0.05) is 162 Å². The lowest BCUT2D eigenvalue weighted by Crippen LogP contribution is -2.53. The number of carbonyl (C=O) groups excluding carboxylic acids is 2. The number of benzene rings is 6. The van der Waals surface area contributed by atoms with Crippen LogP contribution in [0.2, 0.25) is 0 Å². The quantitative estimate of drug-likeness (QED) is 0.0526. The van der Waals surface area contributed by atoms with Crippen LogP contribution in [0.5, 0.6) is 11.5 Å². The summed E-state index contributed by atoms with van der Waals surface area (Å²) in [5.41, 5.74) is 6.71. The molecule has 0 aromatic heterocycles. The van der Waals surface area contributed by atoms with Crippen molar-refractivity contribution in [1.82, 2.24) is 0 Å². The summed E-state index contributed by atoms with van der Waals surface area (Å²) in [4.78, 5) is 29.6. The van der Waals surface area contributed by atoms with E-state index in [2.05, 4.69) is 48.2 Å². The molecule has 6 aromatic carbocycles. The van der Waals surface area contributed by atoms with Crippen LogP contribution in [0.1, 0.15) is 136 Å². The highest BCUT2D eigenvalue weighted by molar-refractivity contribution is 6.01. The number of carbonyl (C=O) groups is 2. The average Bonchev–Trinajstić information content (AvgIpc) is 3.36. The molecule has 0 saturated heterocycles. The van der Waals surface area contributed by atoms with Crippen molar-refractivity contribution < 1.29 is 19.1 Å². The maximum atomic E-state index is 14.8. The first-order chi connectivity index (χ1) is 33.5. The van der Waals surface area contributed by atoms with E-state index in [0.717, 1.165) is 70.6 Å². The first kappa shape index (κ1) is 48.9. The number of anilines is 2. The minimum Gasteiger partial charge on any atom is -0.494 e. The zero-order valence-electron chi connectivity index (χ0n) is 39.9. The van der Waals surface area contributed by atoms with Gasteiger partial charge in [-0.2, -0.15) is 0 Å². The van der Waals surface area contributed by atoms with Gasteiger partial charge in [-0.15, -0.1) is 0 Å². The van der Waals surface area contributed by atoms with Crippen LogP contribution in [0.3, 0.4) is 0 Å². The van der Waals surface area contributed by atoms with Crippen molar-refractivity contribution in [3.05, 3.63) is 191 Å². The van der Waals surface area contributed by atoms with Crippen molar-refractivity contribution in [1.29, 1.82) is 0 Å². The Labute approximate surface area is 405 Å². The van der Waals surface area contributed by atoms with Gasteiger partial charge < -0.3 is 20.1 Å². The van der Waals surface area contributed by atoms with E-state index >= 15 is 0 Å². The fourth-order valence-corrected chi connectivity index (χ4v) is 9.00. The number of nitrogens with one attached hydrogen (secondary N) is 2.